The zero-order valence-corrected chi connectivity index (χ0v) is 10.9. The van der Waals surface area contributed by atoms with Crippen molar-refractivity contribution in [2.75, 3.05) is 11.9 Å². The molecule has 0 bridgehead atoms. The molecule has 0 fully saturated rings. The van der Waals surface area contributed by atoms with E-state index in [1.165, 1.54) is 12.5 Å². The van der Waals surface area contributed by atoms with Crippen molar-refractivity contribution >= 4 is 23.3 Å². The molecule has 1 amide bonds. The lowest BCUT2D eigenvalue weighted by Gasteiger charge is -2.07. The minimum Gasteiger partial charge on any atom is -0.368 e. The molecule has 19 heavy (non-hydrogen) atoms. The number of nitrogens with zero attached hydrogens (tertiary/aromatic N) is 2. The second-order valence-electron chi connectivity index (χ2n) is 3.96. The van der Waals surface area contributed by atoms with Crippen LogP contribution in [-0.2, 0) is 6.42 Å². The number of hydrogen-bond acceptors (Lipinski definition) is 4. The molecule has 0 saturated heterocycles. The van der Waals surface area contributed by atoms with E-state index in [9.17, 15) is 4.79 Å². The zero-order chi connectivity index (χ0) is 13.7. The summed E-state index contributed by atoms with van der Waals surface area (Å²) in [6, 6.07) is 7.23. The molecule has 1 heterocycles. The maximum atomic E-state index is 11.1. The number of hydrogen-bond donors (Lipinski definition) is 2. The van der Waals surface area contributed by atoms with Gasteiger partial charge in [0.1, 0.15) is 17.2 Å². The Hall–Kier alpha value is -2.14. The van der Waals surface area contributed by atoms with E-state index in [1.807, 2.05) is 12.1 Å². The van der Waals surface area contributed by atoms with E-state index < -0.39 is 5.91 Å². The number of aromatic nitrogens is 2. The fourth-order valence-corrected chi connectivity index (χ4v) is 1.82. The normalized spacial score (nSPS) is 10.2. The van der Waals surface area contributed by atoms with Crippen LogP contribution in [0.25, 0.3) is 0 Å². The lowest BCUT2D eigenvalue weighted by atomic mass is 10.1. The predicted octanol–water partition coefficient (Wildman–Crippen LogP) is 1.88. The summed E-state index contributed by atoms with van der Waals surface area (Å²) in [6.07, 6.45) is 3.70. The van der Waals surface area contributed by atoms with Crippen LogP contribution in [0.1, 0.15) is 15.9 Å². The predicted molar refractivity (Wildman–Crippen MR) is 74.2 cm³/mol. The van der Waals surface area contributed by atoms with Crippen molar-refractivity contribution in [1.29, 1.82) is 0 Å². The molecule has 0 radical (unpaired) electrons. The van der Waals surface area contributed by atoms with E-state index in [-0.39, 0.29) is 0 Å². The average Bonchev–Trinajstić information content (AvgIpc) is 2.41. The Morgan fingerprint density at radius 2 is 2.26 bits per heavy atom. The van der Waals surface area contributed by atoms with Crippen LogP contribution in [0.15, 0.2) is 36.8 Å². The molecule has 0 aliphatic rings. The Bertz CT molecular complexity index is 588. The molecule has 0 aliphatic carbocycles. The van der Waals surface area contributed by atoms with Gasteiger partial charge in [0, 0.05) is 12.1 Å². The fraction of sp³-hybridized carbons (Fsp3) is 0.154. The molecule has 98 valence electrons. The van der Waals surface area contributed by atoms with Crippen molar-refractivity contribution in [3.8, 4) is 0 Å². The lowest BCUT2D eigenvalue weighted by Crippen LogP contribution is -2.12. The molecule has 0 spiro atoms. The molecule has 5 nitrogen and oxygen atoms in total. The number of benzene rings is 1. The summed E-state index contributed by atoms with van der Waals surface area (Å²) in [5.41, 5.74) is 6.77. The van der Waals surface area contributed by atoms with Crippen LogP contribution < -0.4 is 11.1 Å². The van der Waals surface area contributed by atoms with Crippen LogP contribution in [0.3, 0.4) is 0 Å². The molecule has 6 heteroatoms. The quantitative estimate of drug-likeness (QED) is 0.874. The summed E-state index contributed by atoms with van der Waals surface area (Å²) in [5, 5.41) is 3.59. The Morgan fingerprint density at radius 3 is 3.00 bits per heavy atom. The first-order chi connectivity index (χ1) is 9.16. The van der Waals surface area contributed by atoms with E-state index in [0.717, 1.165) is 12.0 Å². The van der Waals surface area contributed by atoms with Crippen LogP contribution in [-0.4, -0.2) is 22.4 Å². The van der Waals surface area contributed by atoms with Gasteiger partial charge in [-0.15, -0.1) is 0 Å². The lowest BCUT2D eigenvalue weighted by molar-refractivity contribution is 0.1000. The highest BCUT2D eigenvalue weighted by molar-refractivity contribution is 6.32. The zero-order valence-electron chi connectivity index (χ0n) is 10.1. The van der Waals surface area contributed by atoms with E-state index in [1.54, 1.807) is 12.1 Å². The number of nitrogens with two attached hydrogens (primary N) is 1. The molecular weight excluding hydrogens is 264 g/mol. The van der Waals surface area contributed by atoms with Crippen molar-refractivity contribution < 1.29 is 4.79 Å². The van der Waals surface area contributed by atoms with Crippen LogP contribution in [0.2, 0.25) is 5.02 Å². The molecule has 3 N–H and O–H groups in total. The van der Waals surface area contributed by atoms with Gasteiger partial charge in [-0.1, -0.05) is 23.7 Å². The average molecular weight is 277 g/mol. The minimum absolute atomic E-state index is 0.423. The molecule has 1 aromatic carbocycles. The smallest absolute Gasteiger partial charge is 0.248 e. The summed E-state index contributed by atoms with van der Waals surface area (Å²) in [5.74, 6) is 0.177. The Kier molecular flexibility index (Phi) is 4.30. The Balaban J connectivity index is 1.94. The largest absolute Gasteiger partial charge is 0.368 e. The van der Waals surface area contributed by atoms with Gasteiger partial charge in [0.2, 0.25) is 5.91 Å². The molecule has 2 aromatic rings. The van der Waals surface area contributed by atoms with Gasteiger partial charge in [0.25, 0.3) is 0 Å². The van der Waals surface area contributed by atoms with Crippen molar-refractivity contribution in [3.05, 3.63) is 52.9 Å². The first-order valence-electron chi connectivity index (χ1n) is 5.75. The topological polar surface area (TPSA) is 80.9 Å². The van der Waals surface area contributed by atoms with Crippen LogP contribution in [0.5, 0.6) is 0 Å². The number of primary amides is 1. The van der Waals surface area contributed by atoms with Crippen LogP contribution in [0, 0.1) is 0 Å². The van der Waals surface area contributed by atoms with Gasteiger partial charge in [-0.25, -0.2) is 9.97 Å². The number of halogens is 1. The van der Waals surface area contributed by atoms with Gasteiger partial charge in [-0.2, -0.15) is 0 Å². The third kappa shape index (κ3) is 3.66. The fourth-order valence-electron chi connectivity index (χ4n) is 1.65. The Labute approximate surface area is 115 Å². The highest BCUT2D eigenvalue weighted by atomic mass is 35.5. The van der Waals surface area contributed by atoms with Gasteiger partial charge in [0.05, 0.1) is 6.20 Å². The van der Waals surface area contributed by atoms with E-state index >= 15 is 0 Å². The molecule has 0 unspecified atom stereocenters. The summed E-state index contributed by atoms with van der Waals surface area (Å²) in [4.78, 5) is 18.9. The third-order valence-electron chi connectivity index (χ3n) is 2.59. The monoisotopic (exact) mass is 276 g/mol. The minimum atomic E-state index is -0.423. The summed E-state index contributed by atoms with van der Waals surface area (Å²) < 4.78 is 0. The van der Waals surface area contributed by atoms with E-state index in [2.05, 4.69) is 15.3 Å². The van der Waals surface area contributed by atoms with Gasteiger partial charge < -0.3 is 11.1 Å². The van der Waals surface area contributed by atoms with Crippen molar-refractivity contribution in [3.63, 3.8) is 0 Å². The van der Waals surface area contributed by atoms with E-state index in [0.29, 0.717) is 22.9 Å². The van der Waals surface area contributed by atoms with Gasteiger partial charge in [-0.05, 0) is 24.1 Å². The molecule has 0 aliphatic heterocycles. The standard InChI is InChI=1S/C13H13ClN4O/c14-11-7-16-8-18-13(11)17-5-4-9-2-1-3-10(6-9)12(15)19/h1-3,6-8H,4-5H2,(H2,15,19)(H,16,17,18). The van der Waals surface area contributed by atoms with Gasteiger partial charge >= 0.3 is 0 Å². The summed E-state index contributed by atoms with van der Waals surface area (Å²) in [7, 11) is 0. The molecular formula is C13H13ClN4O. The first-order valence-corrected chi connectivity index (χ1v) is 6.13. The maximum absolute atomic E-state index is 11.1. The first kappa shape index (κ1) is 13.3. The number of nitrogens with one attached hydrogen (secondary N) is 1. The Morgan fingerprint density at radius 1 is 1.42 bits per heavy atom. The number of carbonyl (C=O) groups is 1. The van der Waals surface area contributed by atoms with Crippen molar-refractivity contribution in [2.24, 2.45) is 5.73 Å². The second-order valence-corrected chi connectivity index (χ2v) is 4.37. The number of amides is 1. The highest BCUT2D eigenvalue weighted by Crippen LogP contribution is 2.16. The van der Waals surface area contributed by atoms with Gasteiger partial charge in [-0.3, -0.25) is 4.79 Å². The summed E-state index contributed by atoms with van der Waals surface area (Å²) in [6.45, 7) is 0.652. The second kappa shape index (κ2) is 6.15. The molecule has 1 aromatic heterocycles. The van der Waals surface area contributed by atoms with Crippen LogP contribution in [0.4, 0.5) is 5.82 Å². The third-order valence-corrected chi connectivity index (χ3v) is 2.86. The highest BCUT2D eigenvalue weighted by Gasteiger charge is 2.03. The van der Waals surface area contributed by atoms with Crippen molar-refractivity contribution in [2.45, 2.75) is 6.42 Å². The summed E-state index contributed by atoms with van der Waals surface area (Å²) >= 11 is 5.92. The molecule has 0 saturated carbocycles. The van der Waals surface area contributed by atoms with Gasteiger partial charge in [0.15, 0.2) is 0 Å². The number of anilines is 1. The van der Waals surface area contributed by atoms with Crippen molar-refractivity contribution in [1.82, 2.24) is 9.97 Å². The van der Waals surface area contributed by atoms with Crippen LogP contribution >= 0.6 is 11.6 Å². The maximum Gasteiger partial charge on any atom is 0.248 e. The van der Waals surface area contributed by atoms with E-state index in [4.69, 9.17) is 17.3 Å². The molecule has 0 atom stereocenters. The molecule has 2 rings (SSSR count). The number of carbonyl (C=O) groups excluding carboxylic acids is 1. The SMILES string of the molecule is NC(=O)c1cccc(CCNc2ncncc2Cl)c1. The number of rotatable bonds is 5.